The van der Waals surface area contributed by atoms with Crippen LogP contribution in [-0.2, 0) is 0 Å². The number of anilines is 1. The SMILES string of the molecule is CN(c1ccc(Cl)nn1)C1C[C@]2(C)CCC[C@](C)(C1)C2. The molecule has 3 rings (SSSR count). The van der Waals surface area contributed by atoms with Gasteiger partial charge in [0.05, 0.1) is 0 Å². The first-order valence-corrected chi connectivity index (χ1v) is 7.99. The molecule has 0 radical (unpaired) electrons. The van der Waals surface area contributed by atoms with Crippen LogP contribution in [0, 0.1) is 10.8 Å². The highest BCUT2D eigenvalue weighted by Crippen LogP contribution is 2.56. The van der Waals surface area contributed by atoms with Crippen molar-refractivity contribution in [3.63, 3.8) is 0 Å². The predicted octanol–water partition coefficient (Wildman–Crippen LogP) is 4.32. The van der Waals surface area contributed by atoms with Gasteiger partial charge in [-0.15, -0.1) is 10.2 Å². The Balaban J connectivity index is 1.81. The van der Waals surface area contributed by atoms with E-state index in [1.165, 1.54) is 38.5 Å². The summed E-state index contributed by atoms with van der Waals surface area (Å²) in [6, 6.07) is 4.37. The fraction of sp³-hybridized carbons (Fsp3) is 0.750. The maximum Gasteiger partial charge on any atom is 0.151 e. The molecule has 2 saturated carbocycles. The smallest absolute Gasteiger partial charge is 0.151 e. The van der Waals surface area contributed by atoms with Crippen molar-refractivity contribution in [2.45, 2.75) is 58.4 Å². The number of hydrogen-bond acceptors (Lipinski definition) is 3. The third-order valence-electron chi connectivity index (χ3n) is 5.40. The maximum absolute atomic E-state index is 5.83. The topological polar surface area (TPSA) is 29.0 Å². The van der Waals surface area contributed by atoms with Crippen molar-refractivity contribution in [1.29, 1.82) is 0 Å². The Morgan fingerprint density at radius 1 is 1.15 bits per heavy atom. The molecule has 1 unspecified atom stereocenters. The Morgan fingerprint density at radius 3 is 2.35 bits per heavy atom. The van der Waals surface area contributed by atoms with Crippen LogP contribution in [0.25, 0.3) is 0 Å². The lowest BCUT2D eigenvalue weighted by atomic mass is 9.55. The lowest BCUT2D eigenvalue weighted by Gasteiger charge is -2.54. The molecule has 0 aromatic carbocycles. The van der Waals surface area contributed by atoms with Gasteiger partial charge in [0, 0.05) is 13.1 Å². The van der Waals surface area contributed by atoms with Crippen LogP contribution in [0.3, 0.4) is 0 Å². The second-order valence-electron chi connectivity index (χ2n) is 7.54. The van der Waals surface area contributed by atoms with Crippen LogP contribution in [0.4, 0.5) is 5.82 Å². The molecule has 2 aliphatic rings. The average Bonchev–Trinajstić information content (AvgIpc) is 2.36. The van der Waals surface area contributed by atoms with Gasteiger partial charge in [0.2, 0.25) is 0 Å². The van der Waals surface area contributed by atoms with E-state index in [1.54, 1.807) is 0 Å². The first-order chi connectivity index (χ1) is 9.39. The molecule has 1 aromatic heterocycles. The van der Waals surface area contributed by atoms with Crippen molar-refractivity contribution in [3.05, 3.63) is 17.3 Å². The molecule has 0 aliphatic heterocycles. The molecule has 3 nitrogen and oxygen atoms in total. The molecular weight excluding hydrogens is 270 g/mol. The Hall–Kier alpha value is -0.830. The van der Waals surface area contributed by atoms with E-state index in [0.717, 1.165) is 5.82 Å². The van der Waals surface area contributed by atoms with Gasteiger partial charge in [-0.25, -0.2) is 0 Å². The Kier molecular flexibility index (Phi) is 3.44. The minimum atomic E-state index is 0.460. The number of nitrogens with zero attached hydrogens (tertiary/aromatic N) is 3. The zero-order valence-electron chi connectivity index (χ0n) is 12.7. The molecule has 1 aromatic rings. The molecule has 2 aliphatic carbocycles. The fourth-order valence-corrected chi connectivity index (χ4v) is 4.77. The summed E-state index contributed by atoms with van der Waals surface area (Å²) >= 11 is 5.83. The molecule has 0 spiro atoms. The zero-order chi connectivity index (χ0) is 14.4. The average molecular weight is 294 g/mol. The standard InChI is InChI=1S/C16H24ClN3/c1-15-7-4-8-16(2,11-15)10-12(9-15)20(3)14-6-5-13(17)18-19-14/h5-6,12H,4,7-11H2,1-3H3/t12?,15-,16+. The van der Waals surface area contributed by atoms with E-state index in [4.69, 9.17) is 11.6 Å². The van der Waals surface area contributed by atoms with Gasteiger partial charge in [0.25, 0.3) is 0 Å². The van der Waals surface area contributed by atoms with Gasteiger partial charge in [-0.1, -0.05) is 31.9 Å². The molecule has 20 heavy (non-hydrogen) atoms. The molecule has 110 valence electrons. The molecule has 1 heterocycles. The Morgan fingerprint density at radius 2 is 1.80 bits per heavy atom. The van der Waals surface area contributed by atoms with Crippen molar-refractivity contribution >= 4 is 17.4 Å². The van der Waals surface area contributed by atoms with Crippen LogP contribution >= 0.6 is 11.6 Å². The quantitative estimate of drug-likeness (QED) is 0.813. The van der Waals surface area contributed by atoms with Crippen molar-refractivity contribution in [3.8, 4) is 0 Å². The monoisotopic (exact) mass is 293 g/mol. The molecule has 4 heteroatoms. The highest BCUT2D eigenvalue weighted by Gasteiger charge is 2.47. The molecule has 3 atom stereocenters. The molecule has 2 bridgehead atoms. The summed E-state index contributed by atoms with van der Waals surface area (Å²) in [4.78, 5) is 2.31. The number of fused-ring (bicyclic) bond motifs is 2. The van der Waals surface area contributed by atoms with Crippen LogP contribution < -0.4 is 4.90 Å². The first-order valence-electron chi connectivity index (χ1n) is 7.61. The van der Waals surface area contributed by atoms with Crippen molar-refractivity contribution in [2.24, 2.45) is 10.8 Å². The van der Waals surface area contributed by atoms with Crippen LogP contribution in [0.1, 0.15) is 52.4 Å². The fourth-order valence-electron chi connectivity index (χ4n) is 4.67. The summed E-state index contributed by atoms with van der Waals surface area (Å²) in [7, 11) is 2.15. The molecule has 0 saturated heterocycles. The van der Waals surface area contributed by atoms with Gasteiger partial charge in [0.15, 0.2) is 11.0 Å². The summed E-state index contributed by atoms with van der Waals surface area (Å²) in [6.45, 7) is 4.94. The van der Waals surface area contributed by atoms with Gasteiger partial charge in [-0.05, 0) is 55.1 Å². The molecule has 2 fully saturated rings. The minimum absolute atomic E-state index is 0.460. The van der Waals surface area contributed by atoms with Gasteiger partial charge in [-0.2, -0.15) is 0 Å². The van der Waals surface area contributed by atoms with Crippen LogP contribution in [0.2, 0.25) is 5.15 Å². The molecule has 0 N–H and O–H groups in total. The predicted molar refractivity (Wildman–Crippen MR) is 83.1 cm³/mol. The number of hydrogen-bond donors (Lipinski definition) is 0. The van der Waals surface area contributed by atoms with Crippen molar-refractivity contribution in [2.75, 3.05) is 11.9 Å². The van der Waals surface area contributed by atoms with E-state index >= 15 is 0 Å². The lowest BCUT2D eigenvalue weighted by molar-refractivity contribution is 0.0141. The number of rotatable bonds is 2. The zero-order valence-corrected chi connectivity index (χ0v) is 13.5. The Labute approximate surface area is 126 Å². The van der Waals surface area contributed by atoms with Gasteiger partial charge < -0.3 is 4.90 Å². The third-order valence-corrected chi connectivity index (χ3v) is 5.60. The Bertz CT molecular complexity index is 471. The largest absolute Gasteiger partial charge is 0.355 e. The van der Waals surface area contributed by atoms with E-state index in [2.05, 4.69) is 36.0 Å². The van der Waals surface area contributed by atoms with E-state index in [9.17, 15) is 0 Å². The minimum Gasteiger partial charge on any atom is -0.355 e. The van der Waals surface area contributed by atoms with E-state index in [0.29, 0.717) is 22.0 Å². The van der Waals surface area contributed by atoms with Gasteiger partial charge >= 0.3 is 0 Å². The second kappa shape index (κ2) is 4.87. The lowest BCUT2D eigenvalue weighted by Crippen LogP contribution is -2.49. The summed E-state index contributed by atoms with van der Waals surface area (Å²) in [6.07, 6.45) is 8.06. The summed E-state index contributed by atoms with van der Waals surface area (Å²) in [5.74, 6) is 0.937. The van der Waals surface area contributed by atoms with E-state index in [1.807, 2.05) is 12.1 Å². The second-order valence-corrected chi connectivity index (χ2v) is 7.93. The number of aromatic nitrogens is 2. The molecular formula is C16H24ClN3. The van der Waals surface area contributed by atoms with E-state index in [-0.39, 0.29) is 0 Å². The van der Waals surface area contributed by atoms with Crippen molar-refractivity contribution in [1.82, 2.24) is 10.2 Å². The maximum atomic E-state index is 5.83. The normalized spacial score (nSPS) is 36.7. The van der Waals surface area contributed by atoms with Gasteiger partial charge in [-0.3, -0.25) is 0 Å². The van der Waals surface area contributed by atoms with Crippen LogP contribution in [0.15, 0.2) is 12.1 Å². The first kappa shape index (κ1) is 14.1. The van der Waals surface area contributed by atoms with Crippen LogP contribution in [0.5, 0.6) is 0 Å². The highest BCUT2D eigenvalue weighted by atomic mass is 35.5. The summed E-state index contributed by atoms with van der Waals surface area (Å²) in [5.41, 5.74) is 1.01. The summed E-state index contributed by atoms with van der Waals surface area (Å²) < 4.78 is 0. The molecule has 0 amide bonds. The third kappa shape index (κ3) is 2.65. The number of halogens is 1. The summed E-state index contributed by atoms with van der Waals surface area (Å²) in [5, 5.41) is 8.67. The van der Waals surface area contributed by atoms with Gasteiger partial charge in [0.1, 0.15) is 0 Å². The highest BCUT2D eigenvalue weighted by molar-refractivity contribution is 6.29. The van der Waals surface area contributed by atoms with E-state index < -0.39 is 0 Å². The van der Waals surface area contributed by atoms with Crippen LogP contribution in [-0.4, -0.2) is 23.3 Å². The van der Waals surface area contributed by atoms with Crippen molar-refractivity contribution < 1.29 is 0 Å².